The largest absolute Gasteiger partial charge is 0.434 e. The Morgan fingerprint density at radius 2 is 2.20 bits per heavy atom. The maximum atomic E-state index is 12.8. The van der Waals surface area contributed by atoms with Gasteiger partial charge in [-0.15, -0.1) is 0 Å². The molecule has 0 spiro atoms. The molecule has 1 aliphatic rings. The van der Waals surface area contributed by atoms with Crippen molar-refractivity contribution in [3.63, 3.8) is 0 Å². The lowest BCUT2D eigenvalue weighted by molar-refractivity contribution is -0.141. The number of hydrogen-bond donors (Lipinski definition) is 2. The molecule has 0 unspecified atom stereocenters. The van der Waals surface area contributed by atoms with Crippen LogP contribution in [0.25, 0.3) is 10.9 Å². The van der Waals surface area contributed by atoms with Crippen LogP contribution in [0.15, 0.2) is 30.6 Å². The Morgan fingerprint density at radius 1 is 1.32 bits per heavy atom. The van der Waals surface area contributed by atoms with Gasteiger partial charge in [0.05, 0.1) is 11.7 Å². The number of halogens is 3. The van der Waals surface area contributed by atoms with Crippen LogP contribution in [0.2, 0.25) is 0 Å². The van der Waals surface area contributed by atoms with Crippen molar-refractivity contribution in [3.05, 3.63) is 47.7 Å². The lowest BCUT2D eigenvalue weighted by atomic mass is 9.99. The fourth-order valence-electron chi connectivity index (χ4n) is 3.33. The summed E-state index contributed by atoms with van der Waals surface area (Å²) in [7, 11) is 0. The summed E-state index contributed by atoms with van der Waals surface area (Å²) in [6.45, 7) is 2.06. The summed E-state index contributed by atoms with van der Waals surface area (Å²) >= 11 is 0. The molecular weight excluding hydrogens is 331 g/mol. The van der Waals surface area contributed by atoms with Gasteiger partial charge in [0, 0.05) is 31.1 Å². The number of H-pyrrole nitrogens is 1. The summed E-state index contributed by atoms with van der Waals surface area (Å²) in [5, 5.41) is 11.4. The van der Waals surface area contributed by atoms with E-state index in [9.17, 15) is 13.2 Å². The molecule has 0 amide bonds. The van der Waals surface area contributed by atoms with E-state index in [1.807, 2.05) is 6.07 Å². The van der Waals surface area contributed by atoms with Crippen LogP contribution in [-0.4, -0.2) is 26.3 Å². The summed E-state index contributed by atoms with van der Waals surface area (Å²) in [6, 6.07) is 6.13. The highest BCUT2D eigenvalue weighted by atomic mass is 19.4. The minimum Gasteiger partial charge on any atom is -0.334 e. The fraction of sp³-hybridized carbons (Fsp3) is 0.412. The van der Waals surface area contributed by atoms with Gasteiger partial charge in [-0.3, -0.25) is 5.10 Å². The summed E-state index contributed by atoms with van der Waals surface area (Å²) < 4.78 is 39.9. The van der Waals surface area contributed by atoms with E-state index in [0.717, 1.165) is 42.2 Å². The normalized spacial score (nSPS) is 17.8. The first-order valence-electron chi connectivity index (χ1n) is 8.25. The number of aromatic nitrogens is 4. The number of aryl methyl sites for hydroxylation is 1. The van der Waals surface area contributed by atoms with Crippen LogP contribution in [0.1, 0.15) is 23.5 Å². The predicted molar refractivity (Wildman–Crippen MR) is 86.8 cm³/mol. The number of rotatable bonds is 4. The van der Waals surface area contributed by atoms with Crippen LogP contribution in [0.4, 0.5) is 13.2 Å². The van der Waals surface area contributed by atoms with Crippen LogP contribution in [0.3, 0.4) is 0 Å². The number of nitrogens with zero attached hydrogens (tertiary/aromatic N) is 3. The van der Waals surface area contributed by atoms with Crippen molar-refractivity contribution in [2.45, 2.75) is 32.1 Å². The molecule has 1 atom stereocenters. The minimum absolute atomic E-state index is 0.304. The number of alkyl halides is 3. The Morgan fingerprint density at radius 3 is 3.04 bits per heavy atom. The van der Waals surface area contributed by atoms with Crippen molar-refractivity contribution in [2.24, 2.45) is 5.92 Å². The molecule has 1 aliphatic heterocycles. The molecule has 2 aromatic heterocycles. The van der Waals surface area contributed by atoms with Gasteiger partial charge in [-0.25, -0.2) is 4.98 Å². The van der Waals surface area contributed by atoms with Gasteiger partial charge in [0.25, 0.3) is 0 Å². The van der Waals surface area contributed by atoms with E-state index >= 15 is 0 Å². The zero-order valence-corrected chi connectivity index (χ0v) is 13.5. The van der Waals surface area contributed by atoms with Gasteiger partial charge in [0.1, 0.15) is 5.82 Å². The van der Waals surface area contributed by atoms with E-state index in [1.54, 1.807) is 10.8 Å². The summed E-state index contributed by atoms with van der Waals surface area (Å²) in [5.41, 5.74) is 1.36. The van der Waals surface area contributed by atoms with Crippen LogP contribution < -0.4 is 5.32 Å². The molecular formula is C17H18F3N5. The van der Waals surface area contributed by atoms with E-state index in [4.69, 9.17) is 0 Å². The molecule has 3 aromatic rings. The van der Waals surface area contributed by atoms with Crippen LogP contribution in [0.5, 0.6) is 0 Å². The maximum absolute atomic E-state index is 12.8. The summed E-state index contributed by atoms with van der Waals surface area (Å²) in [4.78, 5) is 3.72. The number of nitrogens with one attached hydrogen (secondary N) is 2. The van der Waals surface area contributed by atoms with Crippen molar-refractivity contribution >= 4 is 10.9 Å². The third-order valence-corrected chi connectivity index (χ3v) is 4.65. The number of imidazole rings is 1. The smallest absolute Gasteiger partial charge is 0.334 e. The van der Waals surface area contributed by atoms with Gasteiger partial charge in [-0.2, -0.15) is 18.3 Å². The molecule has 0 radical (unpaired) electrons. The standard InChI is InChI=1S/C17H18F3N5/c18-17(19,20)15-10-25-9-12(2-4-16(25)23-15)7-21-6-11-1-3-13-8-22-24-14(13)5-11/h1,3,5,8,10,12,21H,2,4,6-7,9H2,(H,22,24)/t12-/m1/s1. The molecule has 3 heterocycles. The van der Waals surface area contributed by atoms with Gasteiger partial charge in [0.15, 0.2) is 5.69 Å². The molecule has 0 saturated heterocycles. The lowest BCUT2D eigenvalue weighted by Gasteiger charge is -2.24. The average Bonchev–Trinajstić information content (AvgIpc) is 3.20. The fourth-order valence-corrected chi connectivity index (χ4v) is 3.33. The summed E-state index contributed by atoms with van der Waals surface area (Å²) in [6.07, 6.45) is -0.0209. The molecule has 4 rings (SSSR count). The highest BCUT2D eigenvalue weighted by Gasteiger charge is 2.35. The number of benzene rings is 1. The molecule has 0 bridgehead atoms. The minimum atomic E-state index is -4.37. The van der Waals surface area contributed by atoms with Crippen LogP contribution in [-0.2, 0) is 25.7 Å². The van der Waals surface area contributed by atoms with Crippen molar-refractivity contribution in [3.8, 4) is 0 Å². The van der Waals surface area contributed by atoms with Gasteiger partial charge in [-0.05, 0) is 30.5 Å². The van der Waals surface area contributed by atoms with E-state index in [2.05, 4.69) is 32.6 Å². The molecule has 8 heteroatoms. The third kappa shape index (κ3) is 3.39. The SMILES string of the molecule is FC(F)(F)c1cn2c(n1)CC[C@H](CNCc1ccc3cn[nH]c3c1)C2. The Labute approximate surface area is 142 Å². The maximum Gasteiger partial charge on any atom is 0.434 e. The molecule has 132 valence electrons. The topological polar surface area (TPSA) is 58.5 Å². The second kappa shape index (κ2) is 6.18. The van der Waals surface area contributed by atoms with Gasteiger partial charge in [-0.1, -0.05) is 12.1 Å². The first-order chi connectivity index (χ1) is 12.0. The number of hydrogen-bond acceptors (Lipinski definition) is 3. The van der Waals surface area contributed by atoms with Gasteiger partial charge in [0.2, 0.25) is 0 Å². The van der Waals surface area contributed by atoms with Crippen molar-refractivity contribution < 1.29 is 13.2 Å². The monoisotopic (exact) mass is 349 g/mol. The quantitative estimate of drug-likeness (QED) is 0.761. The molecule has 2 N–H and O–H groups in total. The Hall–Kier alpha value is -2.35. The van der Waals surface area contributed by atoms with Crippen LogP contribution >= 0.6 is 0 Å². The molecule has 0 aliphatic carbocycles. The molecule has 5 nitrogen and oxygen atoms in total. The number of fused-ring (bicyclic) bond motifs is 2. The van der Waals surface area contributed by atoms with E-state index < -0.39 is 11.9 Å². The zero-order chi connectivity index (χ0) is 17.4. The molecule has 25 heavy (non-hydrogen) atoms. The van der Waals surface area contributed by atoms with Gasteiger partial charge >= 0.3 is 6.18 Å². The zero-order valence-electron chi connectivity index (χ0n) is 13.5. The van der Waals surface area contributed by atoms with E-state index in [0.29, 0.717) is 24.7 Å². The molecule has 0 saturated carbocycles. The van der Waals surface area contributed by atoms with Crippen molar-refractivity contribution in [2.75, 3.05) is 6.54 Å². The first-order valence-corrected chi connectivity index (χ1v) is 8.25. The highest BCUT2D eigenvalue weighted by Crippen LogP contribution is 2.30. The molecule has 0 fully saturated rings. The van der Waals surface area contributed by atoms with Gasteiger partial charge < -0.3 is 9.88 Å². The second-order valence-corrected chi connectivity index (χ2v) is 6.52. The Bertz CT molecular complexity index is 880. The van der Waals surface area contributed by atoms with Crippen molar-refractivity contribution in [1.82, 2.24) is 25.1 Å². The van der Waals surface area contributed by atoms with E-state index in [-0.39, 0.29) is 0 Å². The lowest BCUT2D eigenvalue weighted by Crippen LogP contribution is -2.29. The van der Waals surface area contributed by atoms with E-state index in [1.165, 1.54) is 0 Å². The molecule has 1 aromatic carbocycles. The van der Waals surface area contributed by atoms with Crippen molar-refractivity contribution in [1.29, 1.82) is 0 Å². The Kier molecular flexibility index (Phi) is 3.99. The first kappa shape index (κ1) is 16.1. The highest BCUT2D eigenvalue weighted by molar-refractivity contribution is 5.78. The Balaban J connectivity index is 1.34. The average molecular weight is 349 g/mol. The third-order valence-electron chi connectivity index (χ3n) is 4.65. The second-order valence-electron chi connectivity index (χ2n) is 6.52. The number of aromatic amines is 1. The van der Waals surface area contributed by atoms with Crippen LogP contribution in [0, 0.1) is 5.92 Å². The summed E-state index contributed by atoms with van der Waals surface area (Å²) in [5.74, 6) is 0.840. The predicted octanol–water partition coefficient (Wildman–Crippen LogP) is 3.13.